The molecule has 0 aliphatic rings. The average Bonchev–Trinajstić information content (AvgIpc) is 3.14. The number of aromatic nitrogens is 1. The number of aliphatic carboxylic acids is 1. The summed E-state index contributed by atoms with van der Waals surface area (Å²) in [5, 5.41) is 13.7. The van der Waals surface area contributed by atoms with Crippen molar-refractivity contribution in [2.24, 2.45) is 0 Å². The van der Waals surface area contributed by atoms with Crippen LogP contribution >= 0.6 is 11.3 Å². The van der Waals surface area contributed by atoms with Crippen LogP contribution in [0.5, 0.6) is 5.75 Å². The third-order valence-electron chi connectivity index (χ3n) is 3.94. The molecule has 3 rings (SSSR count). The third-order valence-corrected chi connectivity index (χ3v) is 4.79. The van der Waals surface area contributed by atoms with E-state index in [1.165, 1.54) is 47.9 Å². The predicted octanol–water partition coefficient (Wildman–Crippen LogP) is 4.98. The van der Waals surface area contributed by atoms with E-state index >= 15 is 0 Å². The molecule has 0 saturated heterocycles. The number of carbonyl (C=O) groups is 2. The van der Waals surface area contributed by atoms with Crippen molar-refractivity contribution < 1.29 is 32.6 Å². The van der Waals surface area contributed by atoms with Gasteiger partial charge in [-0.1, -0.05) is 18.2 Å². The summed E-state index contributed by atoms with van der Waals surface area (Å²) in [7, 11) is 0. The molecule has 0 unspecified atom stereocenters. The number of nitrogens with zero attached hydrogens (tertiary/aromatic N) is 1. The van der Waals surface area contributed by atoms with E-state index in [-0.39, 0.29) is 17.9 Å². The maximum Gasteiger partial charge on any atom is 0.573 e. The lowest BCUT2D eigenvalue weighted by atomic mass is 10.1. The fourth-order valence-electron chi connectivity index (χ4n) is 2.54. The van der Waals surface area contributed by atoms with Crippen LogP contribution in [-0.2, 0) is 11.2 Å². The number of hydrogen-bond acceptors (Lipinski definition) is 5. The minimum Gasteiger partial charge on any atom is -0.481 e. The Morgan fingerprint density at radius 2 is 1.83 bits per heavy atom. The minimum atomic E-state index is -4.75. The van der Waals surface area contributed by atoms with Gasteiger partial charge in [-0.05, 0) is 47.4 Å². The number of carboxylic acid groups (broad SMARTS) is 1. The van der Waals surface area contributed by atoms with Gasteiger partial charge in [-0.25, -0.2) is 0 Å². The van der Waals surface area contributed by atoms with E-state index in [0.717, 1.165) is 5.56 Å². The molecule has 0 bridgehead atoms. The Morgan fingerprint density at radius 3 is 2.43 bits per heavy atom. The van der Waals surface area contributed by atoms with Gasteiger partial charge in [0.2, 0.25) is 0 Å². The van der Waals surface area contributed by atoms with E-state index in [4.69, 9.17) is 5.11 Å². The Balaban J connectivity index is 1.62. The second-order valence-electron chi connectivity index (χ2n) is 6.17. The van der Waals surface area contributed by atoms with Crippen molar-refractivity contribution in [3.8, 4) is 16.9 Å². The first-order valence-corrected chi connectivity index (χ1v) is 9.50. The molecule has 0 spiro atoms. The number of pyridine rings is 1. The van der Waals surface area contributed by atoms with Crippen molar-refractivity contribution in [1.29, 1.82) is 0 Å². The first-order chi connectivity index (χ1) is 14.2. The summed E-state index contributed by atoms with van der Waals surface area (Å²) in [6.45, 7) is 0. The van der Waals surface area contributed by atoms with Gasteiger partial charge in [-0.15, -0.1) is 24.5 Å². The van der Waals surface area contributed by atoms with Crippen LogP contribution in [0, 0.1) is 0 Å². The number of halogens is 3. The lowest BCUT2D eigenvalue weighted by Crippen LogP contribution is -2.16. The van der Waals surface area contributed by atoms with Crippen molar-refractivity contribution in [3.63, 3.8) is 0 Å². The Hall–Kier alpha value is -3.40. The summed E-state index contributed by atoms with van der Waals surface area (Å²) >= 11 is 1.26. The van der Waals surface area contributed by atoms with Gasteiger partial charge in [-0.2, -0.15) is 0 Å². The largest absolute Gasteiger partial charge is 0.573 e. The molecule has 156 valence electrons. The van der Waals surface area contributed by atoms with Crippen molar-refractivity contribution in [2.75, 3.05) is 5.32 Å². The van der Waals surface area contributed by atoms with Gasteiger partial charge >= 0.3 is 12.3 Å². The highest BCUT2D eigenvalue weighted by Crippen LogP contribution is 2.31. The first-order valence-electron chi connectivity index (χ1n) is 8.62. The molecule has 0 aliphatic heterocycles. The summed E-state index contributed by atoms with van der Waals surface area (Å²) in [6, 6.07) is 10.3. The van der Waals surface area contributed by atoms with E-state index in [0.29, 0.717) is 22.5 Å². The van der Waals surface area contributed by atoms with Crippen molar-refractivity contribution >= 4 is 28.2 Å². The third kappa shape index (κ3) is 6.05. The molecule has 1 aromatic carbocycles. The topological polar surface area (TPSA) is 88.5 Å². The summed E-state index contributed by atoms with van der Waals surface area (Å²) in [5.74, 6) is -1.65. The van der Waals surface area contributed by atoms with E-state index < -0.39 is 18.2 Å². The lowest BCUT2D eigenvalue weighted by molar-refractivity contribution is -0.274. The number of hydrogen-bond donors (Lipinski definition) is 2. The Bertz CT molecular complexity index is 1030. The molecular formula is C20H15F3N2O4S. The van der Waals surface area contributed by atoms with Crippen LogP contribution in [0.1, 0.15) is 22.5 Å². The Kier molecular flexibility index (Phi) is 6.36. The van der Waals surface area contributed by atoms with Crippen LogP contribution in [-0.4, -0.2) is 28.3 Å². The van der Waals surface area contributed by atoms with E-state index in [1.807, 2.05) is 0 Å². The molecule has 30 heavy (non-hydrogen) atoms. The van der Waals surface area contributed by atoms with Crippen LogP contribution < -0.4 is 10.1 Å². The molecule has 10 heteroatoms. The highest BCUT2D eigenvalue weighted by molar-refractivity contribution is 7.14. The van der Waals surface area contributed by atoms with Gasteiger partial charge in [0, 0.05) is 18.0 Å². The Morgan fingerprint density at radius 1 is 1.10 bits per heavy atom. The molecule has 2 heterocycles. The molecule has 6 nitrogen and oxygen atoms in total. The second-order valence-corrected chi connectivity index (χ2v) is 7.08. The second kappa shape index (κ2) is 8.95. The van der Waals surface area contributed by atoms with Crippen molar-refractivity contribution in [2.45, 2.75) is 19.2 Å². The summed E-state index contributed by atoms with van der Waals surface area (Å²) in [5.41, 5.74) is 2.29. The quantitative estimate of drug-likeness (QED) is 0.546. The summed E-state index contributed by atoms with van der Waals surface area (Å²) in [6.07, 6.45) is -2.98. The van der Waals surface area contributed by atoms with Crippen LogP contribution in [0.3, 0.4) is 0 Å². The zero-order chi connectivity index (χ0) is 21.7. The first kappa shape index (κ1) is 21.3. The monoisotopic (exact) mass is 436 g/mol. The average molecular weight is 436 g/mol. The predicted molar refractivity (Wildman–Crippen MR) is 105 cm³/mol. The van der Waals surface area contributed by atoms with Gasteiger partial charge in [0.05, 0.1) is 5.00 Å². The van der Waals surface area contributed by atoms with E-state index in [1.54, 1.807) is 17.5 Å². The molecule has 0 aliphatic carbocycles. The number of rotatable bonds is 7. The van der Waals surface area contributed by atoms with Crippen molar-refractivity contribution in [1.82, 2.24) is 4.98 Å². The normalized spacial score (nSPS) is 11.2. The van der Waals surface area contributed by atoms with E-state index in [2.05, 4.69) is 15.0 Å². The number of thiophene rings is 1. The number of carboxylic acids is 1. The minimum absolute atomic E-state index is 0.0193. The molecule has 1 amide bonds. The van der Waals surface area contributed by atoms with Crippen LogP contribution in [0.4, 0.5) is 18.2 Å². The van der Waals surface area contributed by atoms with Gasteiger partial charge in [0.15, 0.2) is 0 Å². The maximum atomic E-state index is 12.3. The SMILES string of the molecule is O=C(O)CCc1ccc(C(=O)Nc2cc(-c3ccc(OC(F)(F)F)cc3)cs2)nc1. The van der Waals surface area contributed by atoms with Crippen LogP contribution in [0.15, 0.2) is 54.0 Å². The number of alkyl halides is 3. The van der Waals surface area contributed by atoms with Gasteiger partial charge in [0.1, 0.15) is 11.4 Å². The number of benzene rings is 1. The highest BCUT2D eigenvalue weighted by Gasteiger charge is 2.30. The molecular weight excluding hydrogens is 421 g/mol. The molecule has 3 aromatic rings. The zero-order valence-electron chi connectivity index (χ0n) is 15.3. The summed E-state index contributed by atoms with van der Waals surface area (Å²) in [4.78, 5) is 27.0. The molecule has 2 N–H and O–H groups in total. The maximum absolute atomic E-state index is 12.3. The van der Waals surface area contributed by atoms with Gasteiger partial charge in [-0.3, -0.25) is 14.6 Å². The smallest absolute Gasteiger partial charge is 0.481 e. The number of amides is 1. The highest BCUT2D eigenvalue weighted by atomic mass is 32.1. The van der Waals surface area contributed by atoms with Crippen molar-refractivity contribution in [3.05, 3.63) is 65.3 Å². The number of nitrogens with one attached hydrogen (secondary N) is 1. The molecule has 0 atom stereocenters. The lowest BCUT2D eigenvalue weighted by Gasteiger charge is -2.08. The molecule has 0 saturated carbocycles. The Labute approximate surface area is 173 Å². The van der Waals surface area contributed by atoms with Crippen LogP contribution in [0.25, 0.3) is 11.1 Å². The number of ether oxygens (including phenoxy) is 1. The molecule has 2 aromatic heterocycles. The number of aryl methyl sites for hydroxylation is 1. The number of carbonyl (C=O) groups excluding carboxylic acids is 1. The fraction of sp³-hybridized carbons (Fsp3) is 0.150. The van der Waals surface area contributed by atoms with Gasteiger partial charge < -0.3 is 15.2 Å². The van der Waals surface area contributed by atoms with E-state index in [9.17, 15) is 22.8 Å². The fourth-order valence-corrected chi connectivity index (χ4v) is 3.34. The zero-order valence-corrected chi connectivity index (χ0v) is 16.1. The number of anilines is 1. The van der Waals surface area contributed by atoms with Crippen LogP contribution in [0.2, 0.25) is 0 Å². The molecule has 0 radical (unpaired) electrons. The van der Waals surface area contributed by atoms with Gasteiger partial charge in [0.25, 0.3) is 5.91 Å². The molecule has 0 fully saturated rings. The standard InChI is InChI=1S/C20H15F3N2O4S/c21-20(22,23)29-15-5-3-13(4-6-15)14-9-17(30-11-14)25-19(28)16-7-1-12(10-24-16)2-8-18(26)27/h1,3-7,9-11H,2,8H2,(H,25,28)(H,26,27). The summed E-state index contributed by atoms with van der Waals surface area (Å²) < 4.78 is 40.5.